The summed E-state index contributed by atoms with van der Waals surface area (Å²) in [6, 6.07) is 9.12. The number of carbonyl (C=O) groups is 1. The molecule has 3 heteroatoms. The van der Waals surface area contributed by atoms with Gasteiger partial charge in [0.15, 0.2) is 0 Å². The second-order valence-electron chi connectivity index (χ2n) is 3.48. The Bertz CT molecular complexity index is 492. The molecule has 0 saturated carbocycles. The van der Waals surface area contributed by atoms with E-state index in [9.17, 15) is 4.79 Å². The maximum absolute atomic E-state index is 10.5. The van der Waals surface area contributed by atoms with Gasteiger partial charge < -0.3 is 5.11 Å². The smallest absolute Gasteiger partial charge is 0.150 e. The molecule has 0 aliphatic rings. The molecule has 0 spiro atoms. The van der Waals surface area contributed by atoms with Crippen molar-refractivity contribution in [3.05, 3.63) is 53.9 Å². The molecular formula is C13H11NO2. The fraction of sp³-hybridized carbons (Fsp3) is 0.0769. The molecule has 3 nitrogen and oxygen atoms in total. The van der Waals surface area contributed by atoms with Gasteiger partial charge in [-0.1, -0.05) is 24.3 Å². The van der Waals surface area contributed by atoms with Crippen LogP contribution in [0.1, 0.15) is 15.9 Å². The number of aliphatic hydroxyl groups is 1. The fourth-order valence-corrected chi connectivity index (χ4v) is 1.49. The molecule has 1 heterocycles. The summed E-state index contributed by atoms with van der Waals surface area (Å²) in [7, 11) is 0. The summed E-state index contributed by atoms with van der Waals surface area (Å²) in [6.45, 7) is -0.0206. The van der Waals surface area contributed by atoms with E-state index in [1.165, 1.54) is 0 Å². The van der Waals surface area contributed by atoms with E-state index >= 15 is 0 Å². The van der Waals surface area contributed by atoms with Gasteiger partial charge in [0.1, 0.15) is 6.29 Å². The minimum Gasteiger partial charge on any atom is -0.392 e. The first-order valence-corrected chi connectivity index (χ1v) is 4.94. The van der Waals surface area contributed by atoms with Crippen LogP contribution in [0.2, 0.25) is 0 Å². The third kappa shape index (κ3) is 2.15. The summed E-state index contributed by atoms with van der Waals surface area (Å²) >= 11 is 0. The van der Waals surface area contributed by atoms with E-state index < -0.39 is 0 Å². The summed E-state index contributed by atoms with van der Waals surface area (Å²) in [5.74, 6) is 0. The van der Waals surface area contributed by atoms with Gasteiger partial charge in [-0.2, -0.15) is 0 Å². The van der Waals surface area contributed by atoms with Crippen molar-refractivity contribution in [2.45, 2.75) is 6.61 Å². The first-order valence-electron chi connectivity index (χ1n) is 4.94. The second kappa shape index (κ2) is 4.68. The zero-order valence-electron chi connectivity index (χ0n) is 8.63. The highest BCUT2D eigenvalue weighted by atomic mass is 16.3. The Morgan fingerprint density at radius 2 is 1.88 bits per heavy atom. The molecule has 0 aliphatic heterocycles. The Kier molecular flexibility index (Phi) is 3.08. The lowest BCUT2D eigenvalue weighted by Crippen LogP contribution is -1.87. The second-order valence-corrected chi connectivity index (χ2v) is 3.48. The van der Waals surface area contributed by atoms with Crippen LogP contribution in [-0.2, 0) is 6.61 Å². The average Bonchev–Trinajstić information content (AvgIpc) is 2.39. The predicted molar refractivity (Wildman–Crippen MR) is 61.0 cm³/mol. The topological polar surface area (TPSA) is 50.2 Å². The predicted octanol–water partition coefficient (Wildman–Crippen LogP) is 2.05. The number of aldehydes is 1. The molecule has 0 amide bonds. The summed E-state index contributed by atoms with van der Waals surface area (Å²) in [5.41, 5.74) is 3.34. The van der Waals surface area contributed by atoms with Crippen LogP contribution in [0.4, 0.5) is 0 Å². The first-order chi connectivity index (χ1) is 7.83. The molecule has 80 valence electrons. The SMILES string of the molecule is O=Cc1ccc(-c2cncc(CO)c2)cc1. The Balaban J connectivity index is 2.38. The normalized spacial score (nSPS) is 10.1. The molecule has 0 aliphatic carbocycles. The highest BCUT2D eigenvalue weighted by Gasteiger charge is 1.99. The summed E-state index contributed by atoms with van der Waals surface area (Å²) in [4.78, 5) is 14.6. The van der Waals surface area contributed by atoms with Crippen molar-refractivity contribution in [2.24, 2.45) is 0 Å². The lowest BCUT2D eigenvalue weighted by atomic mass is 10.0. The molecular weight excluding hydrogens is 202 g/mol. The van der Waals surface area contributed by atoms with Crippen molar-refractivity contribution >= 4 is 6.29 Å². The molecule has 0 fully saturated rings. The van der Waals surface area contributed by atoms with E-state index in [1.54, 1.807) is 24.5 Å². The third-order valence-corrected chi connectivity index (χ3v) is 2.36. The number of aliphatic hydroxyl groups excluding tert-OH is 1. The minimum absolute atomic E-state index is 0.0206. The number of pyridine rings is 1. The van der Waals surface area contributed by atoms with Crippen molar-refractivity contribution in [1.29, 1.82) is 0 Å². The first kappa shape index (κ1) is 10.5. The maximum Gasteiger partial charge on any atom is 0.150 e. The maximum atomic E-state index is 10.5. The molecule has 1 aromatic heterocycles. The highest BCUT2D eigenvalue weighted by molar-refractivity contribution is 5.76. The number of hydrogen-bond acceptors (Lipinski definition) is 3. The molecule has 0 bridgehead atoms. The molecule has 16 heavy (non-hydrogen) atoms. The van der Waals surface area contributed by atoms with E-state index in [0.29, 0.717) is 5.56 Å². The van der Waals surface area contributed by atoms with Crippen molar-refractivity contribution in [2.75, 3.05) is 0 Å². The molecule has 1 N–H and O–H groups in total. The van der Waals surface area contributed by atoms with E-state index in [1.807, 2.05) is 18.2 Å². The summed E-state index contributed by atoms with van der Waals surface area (Å²) in [6.07, 6.45) is 4.17. The Labute approximate surface area is 93.4 Å². The van der Waals surface area contributed by atoms with Crippen LogP contribution in [0.15, 0.2) is 42.7 Å². The largest absolute Gasteiger partial charge is 0.392 e. The van der Waals surface area contributed by atoms with E-state index in [4.69, 9.17) is 5.11 Å². The van der Waals surface area contributed by atoms with Crippen molar-refractivity contribution in [3.8, 4) is 11.1 Å². The van der Waals surface area contributed by atoms with Gasteiger partial charge in [0.05, 0.1) is 6.61 Å². The molecule has 0 unspecified atom stereocenters. The number of carbonyl (C=O) groups excluding carboxylic acids is 1. The Morgan fingerprint density at radius 3 is 2.50 bits per heavy atom. The van der Waals surface area contributed by atoms with Crippen molar-refractivity contribution < 1.29 is 9.90 Å². The van der Waals surface area contributed by atoms with Crippen LogP contribution >= 0.6 is 0 Å². The van der Waals surface area contributed by atoms with Crippen LogP contribution < -0.4 is 0 Å². The standard InChI is InChI=1S/C13H11NO2/c15-8-10-1-3-12(4-2-10)13-5-11(9-16)6-14-7-13/h1-8,16H,9H2. The molecule has 1 aromatic carbocycles. The minimum atomic E-state index is -0.0206. The summed E-state index contributed by atoms with van der Waals surface area (Å²) in [5, 5.41) is 9.00. The Morgan fingerprint density at radius 1 is 1.12 bits per heavy atom. The Hall–Kier alpha value is -2.00. The zero-order chi connectivity index (χ0) is 11.4. The number of rotatable bonds is 3. The van der Waals surface area contributed by atoms with Crippen LogP contribution in [0, 0.1) is 0 Å². The zero-order valence-corrected chi connectivity index (χ0v) is 8.63. The highest BCUT2D eigenvalue weighted by Crippen LogP contribution is 2.19. The molecule has 2 aromatic rings. The number of benzene rings is 1. The van der Waals surface area contributed by atoms with Crippen molar-refractivity contribution in [3.63, 3.8) is 0 Å². The van der Waals surface area contributed by atoms with Crippen LogP contribution in [0.25, 0.3) is 11.1 Å². The van der Waals surface area contributed by atoms with Gasteiger partial charge in [0.25, 0.3) is 0 Å². The fourth-order valence-electron chi connectivity index (χ4n) is 1.49. The quantitative estimate of drug-likeness (QED) is 0.794. The molecule has 0 atom stereocenters. The van der Waals surface area contributed by atoms with E-state index in [0.717, 1.165) is 23.0 Å². The third-order valence-electron chi connectivity index (χ3n) is 2.36. The van der Waals surface area contributed by atoms with Gasteiger partial charge in [-0.05, 0) is 17.2 Å². The number of hydrogen-bond donors (Lipinski definition) is 1. The lowest BCUT2D eigenvalue weighted by molar-refractivity contribution is 0.112. The van der Waals surface area contributed by atoms with Gasteiger partial charge in [0.2, 0.25) is 0 Å². The molecule has 2 rings (SSSR count). The van der Waals surface area contributed by atoms with Gasteiger partial charge in [-0.3, -0.25) is 9.78 Å². The van der Waals surface area contributed by atoms with E-state index in [-0.39, 0.29) is 6.61 Å². The van der Waals surface area contributed by atoms with Gasteiger partial charge in [-0.25, -0.2) is 0 Å². The van der Waals surface area contributed by atoms with Crippen LogP contribution in [-0.4, -0.2) is 16.4 Å². The monoisotopic (exact) mass is 213 g/mol. The number of nitrogens with zero attached hydrogens (tertiary/aromatic N) is 1. The van der Waals surface area contributed by atoms with Crippen molar-refractivity contribution in [1.82, 2.24) is 4.98 Å². The van der Waals surface area contributed by atoms with Crippen LogP contribution in [0.5, 0.6) is 0 Å². The van der Waals surface area contributed by atoms with Gasteiger partial charge >= 0.3 is 0 Å². The molecule has 0 radical (unpaired) electrons. The summed E-state index contributed by atoms with van der Waals surface area (Å²) < 4.78 is 0. The average molecular weight is 213 g/mol. The van der Waals surface area contributed by atoms with Gasteiger partial charge in [0, 0.05) is 23.5 Å². The van der Waals surface area contributed by atoms with Crippen LogP contribution in [0.3, 0.4) is 0 Å². The number of aromatic nitrogens is 1. The molecule has 0 saturated heterocycles. The lowest BCUT2D eigenvalue weighted by Gasteiger charge is -2.03. The van der Waals surface area contributed by atoms with E-state index in [2.05, 4.69) is 4.98 Å². The van der Waals surface area contributed by atoms with Gasteiger partial charge in [-0.15, -0.1) is 0 Å².